The fraction of sp³-hybridized carbons (Fsp3) is 0.600. The van der Waals surface area contributed by atoms with Crippen LogP contribution in [0.2, 0.25) is 0 Å². The molecule has 34 valence electrons. The molecule has 0 amide bonds. The van der Waals surface area contributed by atoms with Crippen LogP contribution in [-0.2, 0) is 0 Å². The Morgan fingerprint density at radius 3 is 1.83 bits per heavy atom. The summed E-state index contributed by atoms with van der Waals surface area (Å²) in [6, 6.07) is 0. The molecule has 0 spiro atoms. The van der Waals surface area contributed by atoms with Crippen molar-refractivity contribution in [2.45, 2.75) is 6.92 Å². The maximum Gasteiger partial charge on any atom is 0.239 e. The van der Waals surface area contributed by atoms with Crippen LogP contribution in [0, 0.1) is 19.3 Å². The molecule has 0 saturated heterocycles. The van der Waals surface area contributed by atoms with E-state index in [-0.39, 0.29) is 5.41 Å². The zero-order chi connectivity index (χ0) is 5.21. The summed E-state index contributed by atoms with van der Waals surface area (Å²) in [4.78, 5) is 0. The molecule has 0 rings (SSSR count). The molecular formula is C5H11N+2. The minimum absolute atomic E-state index is 0.181. The van der Waals surface area contributed by atoms with Gasteiger partial charge in [0.25, 0.3) is 0 Å². The predicted octanol–water partition coefficient (Wildman–Crippen LogP) is 0.620. The third kappa shape index (κ3) is 3.70. The van der Waals surface area contributed by atoms with Crippen molar-refractivity contribution in [3.8, 4) is 0 Å². The molecule has 0 saturated carbocycles. The lowest BCUT2D eigenvalue weighted by molar-refractivity contribution is 0.556. The van der Waals surface area contributed by atoms with Crippen molar-refractivity contribution in [2.75, 3.05) is 6.54 Å². The molecule has 0 bridgehead atoms. The fourth-order valence-electron chi connectivity index (χ4n) is 0. The van der Waals surface area contributed by atoms with E-state index in [0.717, 1.165) is 0 Å². The molecule has 0 heterocycles. The van der Waals surface area contributed by atoms with E-state index >= 15 is 0 Å². The van der Waals surface area contributed by atoms with Crippen LogP contribution >= 0.6 is 0 Å². The van der Waals surface area contributed by atoms with Crippen LogP contribution in [0.3, 0.4) is 0 Å². The maximum absolute atomic E-state index is 5.18. The molecule has 0 aliphatic heterocycles. The molecule has 0 aliphatic carbocycles. The molecule has 1 heteroatoms. The molecule has 1 nitrogen and oxygen atoms in total. The van der Waals surface area contributed by atoms with E-state index in [1.807, 2.05) is 6.92 Å². The SMILES string of the molecule is [CH2+]C([CH2+])(C)CN. The standard InChI is InChI=1S/C5H11N/c1-5(2,3)4-6/h1-2,4,6H2,3H3/q+2. The first-order valence-corrected chi connectivity index (χ1v) is 1.97. The Balaban J connectivity index is 3.17. The van der Waals surface area contributed by atoms with E-state index in [1.165, 1.54) is 0 Å². The number of nitrogens with two attached hydrogens (primary N) is 1. The lowest BCUT2D eigenvalue weighted by Crippen LogP contribution is -2.19. The summed E-state index contributed by atoms with van der Waals surface area (Å²) in [5, 5.41) is 0. The Morgan fingerprint density at radius 2 is 1.83 bits per heavy atom. The molecule has 0 aliphatic rings. The average molecular weight is 85.2 g/mol. The van der Waals surface area contributed by atoms with Gasteiger partial charge < -0.3 is 5.73 Å². The van der Waals surface area contributed by atoms with Gasteiger partial charge in [-0.2, -0.15) is 0 Å². The summed E-state index contributed by atoms with van der Waals surface area (Å²) >= 11 is 0. The smallest absolute Gasteiger partial charge is 0.239 e. The summed E-state index contributed by atoms with van der Waals surface area (Å²) in [5.74, 6) is 0. The molecule has 2 N–H and O–H groups in total. The quantitative estimate of drug-likeness (QED) is 0.464. The Kier molecular flexibility index (Phi) is 1.36. The average Bonchev–Trinajstić information content (AvgIpc) is 1.35. The molecule has 0 unspecified atom stereocenters. The van der Waals surface area contributed by atoms with Crippen LogP contribution in [0.1, 0.15) is 6.92 Å². The Hall–Kier alpha value is -0.300. The van der Waals surface area contributed by atoms with Gasteiger partial charge in [-0.15, -0.1) is 0 Å². The van der Waals surface area contributed by atoms with Crippen LogP contribution in [-0.4, -0.2) is 6.54 Å². The first-order valence-electron chi connectivity index (χ1n) is 1.97. The van der Waals surface area contributed by atoms with Gasteiger partial charge in [-0.05, 0) is 0 Å². The zero-order valence-corrected chi connectivity index (χ0v) is 4.20. The highest BCUT2D eigenvalue weighted by Crippen LogP contribution is 2.06. The lowest BCUT2D eigenvalue weighted by Gasteiger charge is -1.95. The predicted molar refractivity (Wildman–Crippen MR) is 27.9 cm³/mol. The van der Waals surface area contributed by atoms with Crippen molar-refractivity contribution in [2.24, 2.45) is 11.1 Å². The molecule has 0 atom stereocenters. The molecule has 0 aromatic rings. The second-order valence-electron chi connectivity index (χ2n) is 2.01. The molecular weight excluding hydrogens is 74.1 g/mol. The normalized spacial score (nSPS) is 11.7. The van der Waals surface area contributed by atoms with E-state index in [1.54, 1.807) is 0 Å². The number of hydrogen-bond donors (Lipinski definition) is 1. The second kappa shape index (κ2) is 1.43. The first-order chi connectivity index (χ1) is 2.56. The molecule has 0 aromatic carbocycles. The summed E-state index contributed by atoms with van der Waals surface area (Å²) in [6.07, 6.45) is 0. The van der Waals surface area contributed by atoms with Crippen molar-refractivity contribution in [1.29, 1.82) is 0 Å². The number of hydrogen-bond acceptors (Lipinski definition) is 1. The largest absolute Gasteiger partial charge is 0.322 e. The Labute approximate surface area is 39.5 Å². The van der Waals surface area contributed by atoms with Crippen molar-refractivity contribution >= 4 is 0 Å². The van der Waals surface area contributed by atoms with Gasteiger partial charge in [0.1, 0.15) is 13.8 Å². The molecule has 0 radical (unpaired) electrons. The summed E-state index contributed by atoms with van der Waals surface area (Å²) < 4.78 is 0. The van der Waals surface area contributed by atoms with Gasteiger partial charge in [0, 0.05) is 6.92 Å². The first kappa shape index (κ1) is 5.70. The highest BCUT2D eigenvalue weighted by Gasteiger charge is 2.22. The molecule has 0 fully saturated rings. The topological polar surface area (TPSA) is 26.0 Å². The van der Waals surface area contributed by atoms with E-state index < -0.39 is 0 Å². The van der Waals surface area contributed by atoms with Gasteiger partial charge in [0.05, 0.1) is 6.54 Å². The zero-order valence-electron chi connectivity index (χ0n) is 4.20. The van der Waals surface area contributed by atoms with Crippen LogP contribution in [0.4, 0.5) is 0 Å². The highest BCUT2D eigenvalue weighted by molar-refractivity contribution is 4.79. The van der Waals surface area contributed by atoms with Crippen LogP contribution in [0.15, 0.2) is 0 Å². The number of rotatable bonds is 1. The van der Waals surface area contributed by atoms with E-state index in [0.29, 0.717) is 6.54 Å². The third-order valence-electron chi connectivity index (χ3n) is 0.493. The summed E-state index contributed by atoms with van der Waals surface area (Å²) in [5.41, 5.74) is 5.00. The van der Waals surface area contributed by atoms with Crippen LogP contribution in [0.5, 0.6) is 0 Å². The summed E-state index contributed by atoms with van der Waals surface area (Å²) in [6.45, 7) is 9.75. The van der Waals surface area contributed by atoms with Crippen LogP contribution < -0.4 is 5.73 Å². The minimum atomic E-state index is -0.181. The van der Waals surface area contributed by atoms with Gasteiger partial charge in [-0.25, -0.2) is 0 Å². The highest BCUT2D eigenvalue weighted by atomic mass is 14.6. The fourth-order valence-corrected chi connectivity index (χ4v) is 0. The molecule has 0 aromatic heterocycles. The van der Waals surface area contributed by atoms with Crippen molar-refractivity contribution in [3.05, 3.63) is 13.8 Å². The Morgan fingerprint density at radius 1 is 1.67 bits per heavy atom. The van der Waals surface area contributed by atoms with Crippen molar-refractivity contribution in [1.82, 2.24) is 0 Å². The Bertz CT molecular complexity index is 33.7. The van der Waals surface area contributed by atoms with Crippen molar-refractivity contribution < 1.29 is 0 Å². The third-order valence-corrected chi connectivity index (χ3v) is 0.493. The van der Waals surface area contributed by atoms with Gasteiger partial charge >= 0.3 is 0 Å². The molecule has 6 heavy (non-hydrogen) atoms. The second-order valence-corrected chi connectivity index (χ2v) is 2.01. The van der Waals surface area contributed by atoms with E-state index in [2.05, 4.69) is 13.8 Å². The minimum Gasteiger partial charge on any atom is -0.322 e. The van der Waals surface area contributed by atoms with Crippen molar-refractivity contribution in [3.63, 3.8) is 0 Å². The lowest BCUT2D eigenvalue weighted by atomic mass is 9.98. The van der Waals surface area contributed by atoms with E-state index in [4.69, 9.17) is 5.73 Å². The van der Waals surface area contributed by atoms with Crippen LogP contribution in [0.25, 0.3) is 0 Å². The monoisotopic (exact) mass is 85.1 g/mol. The van der Waals surface area contributed by atoms with Gasteiger partial charge in [-0.3, -0.25) is 0 Å². The van der Waals surface area contributed by atoms with Gasteiger partial charge in [-0.1, -0.05) is 0 Å². The van der Waals surface area contributed by atoms with E-state index in [9.17, 15) is 0 Å². The maximum atomic E-state index is 5.18. The van der Waals surface area contributed by atoms with Gasteiger partial charge in [0.15, 0.2) is 0 Å². The summed E-state index contributed by atoms with van der Waals surface area (Å²) in [7, 11) is 0. The van der Waals surface area contributed by atoms with Gasteiger partial charge in [0.2, 0.25) is 5.41 Å².